The van der Waals surface area contributed by atoms with Crippen LogP contribution in [0.1, 0.15) is 19.7 Å². The predicted octanol–water partition coefficient (Wildman–Crippen LogP) is 3.26. The van der Waals surface area contributed by atoms with E-state index in [1.165, 1.54) is 0 Å². The van der Waals surface area contributed by atoms with Gasteiger partial charge < -0.3 is 5.32 Å². The zero-order valence-corrected chi connectivity index (χ0v) is 14.0. The van der Waals surface area contributed by atoms with Crippen molar-refractivity contribution in [2.75, 3.05) is 12.3 Å². The van der Waals surface area contributed by atoms with Crippen molar-refractivity contribution in [1.29, 1.82) is 0 Å². The zero-order chi connectivity index (χ0) is 15.1. The Morgan fingerprint density at radius 1 is 1.33 bits per heavy atom. The van der Waals surface area contributed by atoms with Crippen molar-refractivity contribution in [2.24, 2.45) is 0 Å². The number of nitrogens with one attached hydrogen (secondary N) is 1. The molecule has 1 unspecified atom stereocenters. The van der Waals surface area contributed by atoms with E-state index in [1.54, 1.807) is 18.1 Å². The molecule has 0 aliphatic rings. The van der Waals surface area contributed by atoms with Gasteiger partial charge in [0.25, 0.3) is 0 Å². The first kappa shape index (κ1) is 16.3. The minimum Gasteiger partial charge on any atom is -0.313 e. The highest BCUT2D eigenvalue weighted by Crippen LogP contribution is 2.27. The number of halogens is 1. The van der Waals surface area contributed by atoms with Crippen LogP contribution in [0.4, 0.5) is 0 Å². The van der Waals surface area contributed by atoms with E-state index < -0.39 is 0 Å². The Morgan fingerprint density at radius 3 is 2.86 bits per heavy atom. The van der Waals surface area contributed by atoms with Gasteiger partial charge in [-0.05, 0) is 25.6 Å². The molecule has 1 heterocycles. The third-order valence-corrected chi connectivity index (χ3v) is 4.87. The van der Waals surface area contributed by atoms with Gasteiger partial charge in [-0.2, -0.15) is 5.10 Å². The maximum Gasteiger partial charge on any atom is 0.138 e. The molecular weight excluding hydrogens is 304 g/mol. The average molecular weight is 325 g/mol. The molecule has 0 aliphatic carbocycles. The van der Waals surface area contributed by atoms with Crippen molar-refractivity contribution in [1.82, 2.24) is 20.1 Å². The Labute approximate surface area is 135 Å². The van der Waals surface area contributed by atoms with Crippen LogP contribution in [0.15, 0.2) is 35.5 Å². The fourth-order valence-electron chi connectivity index (χ4n) is 2.16. The number of aryl methyl sites for hydroxylation is 1. The van der Waals surface area contributed by atoms with Crippen LogP contribution in [0.2, 0.25) is 5.02 Å². The van der Waals surface area contributed by atoms with Crippen molar-refractivity contribution in [3.63, 3.8) is 0 Å². The predicted molar refractivity (Wildman–Crippen MR) is 89.0 cm³/mol. The Kier molecular flexibility index (Phi) is 6.54. The summed E-state index contributed by atoms with van der Waals surface area (Å²) in [5, 5.41) is 8.56. The Bertz CT molecular complexity index is 558. The van der Waals surface area contributed by atoms with Crippen molar-refractivity contribution in [2.45, 2.75) is 37.8 Å². The Balaban J connectivity index is 1.97. The van der Waals surface area contributed by atoms with E-state index >= 15 is 0 Å². The van der Waals surface area contributed by atoms with Crippen molar-refractivity contribution < 1.29 is 0 Å². The molecule has 0 saturated heterocycles. The molecule has 2 rings (SSSR count). The summed E-state index contributed by atoms with van der Waals surface area (Å²) in [4.78, 5) is 5.48. The molecule has 2 aromatic rings. The van der Waals surface area contributed by atoms with Gasteiger partial charge in [-0.25, -0.2) is 4.98 Å². The van der Waals surface area contributed by atoms with Crippen molar-refractivity contribution >= 4 is 23.4 Å². The van der Waals surface area contributed by atoms with Crippen molar-refractivity contribution in [3.8, 4) is 0 Å². The Hall–Kier alpha value is -1.04. The first-order valence-corrected chi connectivity index (χ1v) is 8.58. The summed E-state index contributed by atoms with van der Waals surface area (Å²) in [7, 11) is 0. The topological polar surface area (TPSA) is 42.7 Å². The number of benzene rings is 1. The van der Waals surface area contributed by atoms with Crippen LogP contribution in [0, 0.1) is 0 Å². The largest absolute Gasteiger partial charge is 0.313 e. The van der Waals surface area contributed by atoms with Crippen LogP contribution in [-0.2, 0) is 13.0 Å². The lowest BCUT2D eigenvalue weighted by molar-refractivity contribution is 0.527. The smallest absolute Gasteiger partial charge is 0.138 e. The van der Waals surface area contributed by atoms with E-state index in [4.69, 9.17) is 11.6 Å². The van der Waals surface area contributed by atoms with Crippen LogP contribution >= 0.6 is 23.4 Å². The van der Waals surface area contributed by atoms with E-state index in [0.717, 1.165) is 41.0 Å². The van der Waals surface area contributed by atoms with Crippen LogP contribution in [-0.4, -0.2) is 33.1 Å². The van der Waals surface area contributed by atoms with Gasteiger partial charge in [0, 0.05) is 29.7 Å². The number of rotatable bonds is 8. The molecule has 0 aliphatic heterocycles. The summed E-state index contributed by atoms with van der Waals surface area (Å²) in [6.07, 6.45) is 2.50. The molecule has 4 nitrogen and oxygen atoms in total. The normalized spacial score (nSPS) is 12.5. The number of aromatic nitrogens is 3. The summed E-state index contributed by atoms with van der Waals surface area (Å²) >= 11 is 7.99. The molecule has 0 fully saturated rings. The second kappa shape index (κ2) is 8.41. The van der Waals surface area contributed by atoms with Crippen LogP contribution in [0.5, 0.6) is 0 Å². The summed E-state index contributed by atoms with van der Waals surface area (Å²) in [6, 6.07) is 8.32. The maximum atomic E-state index is 6.21. The van der Waals surface area contributed by atoms with E-state index in [-0.39, 0.29) is 0 Å². The van der Waals surface area contributed by atoms with Gasteiger partial charge in [-0.3, -0.25) is 4.68 Å². The average Bonchev–Trinajstić information content (AvgIpc) is 2.93. The molecule has 1 atom stereocenters. The molecule has 114 valence electrons. The summed E-state index contributed by atoms with van der Waals surface area (Å²) in [5.41, 5.74) is 0. The number of likely N-dealkylation sites (N-methyl/N-ethyl adjacent to an activating group) is 1. The molecule has 1 N–H and O–H groups in total. The fourth-order valence-corrected chi connectivity index (χ4v) is 3.46. The highest BCUT2D eigenvalue weighted by Gasteiger charge is 2.14. The highest BCUT2D eigenvalue weighted by molar-refractivity contribution is 7.99. The second-order valence-corrected chi connectivity index (χ2v) is 6.16. The molecule has 0 saturated carbocycles. The van der Waals surface area contributed by atoms with Crippen molar-refractivity contribution in [3.05, 3.63) is 41.4 Å². The first-order valence-electron chi connectivity index (χ1n) is 7.22. The molecule has 0 bridgehead atoms. The van der Waals surface area contributed by atoms with E-state index in [2.05, 4.69) is 35.3 Å². The summed E-state index contributed by atoms with van der Waals surface area (Å²) in [6.45, 7) is 6.00. The minimum atomic E-state index is 0.353. The van der Waals surface area contributed by atoms with E-state index in [1.807, 2.05) is 22.9 Å². The molecule has 0 spiro atoms. The summed E-state index contributed by atoms with van der Waals surface area (Å²) < 4.78 is 1.95. The highest BCUT2D eigenvalue weighted by atomic mass is 35.5. The number of thioether (sulfide) groups is 1. The Morgan fingerprint density at radius 2 is 2.14 bits per heavy atom. The summed E-state index contributed by atoms with van der Waals surface area (Å²) in [5.74, 6) is 1.98. The zero-order valence-electron chi connectivity index (χ0n) is 12.4. The lowest BCUT2D eigenvalue weighted by atomic mass is 10.2. The second-order valence-electron chi connectivity index (χ2n) is 4.69. The lowest BCUT2D eigenvalue weighted by Crippen LogP contribution is -2.34. The van der Waals surface area contributed by atoms with Gasteiger partial charge in [0.05, 0.1) is 5.02 Å². The molecule has 1 aromatic heterocycles. The van der Waals surface area contributed by atoms with Crippen LogP contribution < -0.4 is 5.32 Å². The van der Waals surface area contributed by atoms with Gasteiger partial charge in [0.15, 0.2) is 0 Å². The van der Waals surface area contributed by atoms with Gasteiger partial charge >= 0.3 is 0 Å². The monoisotopic (exact) mass is 324 g/mol. The quantitative estimate of drug-likeness (QED) is 0.757. The standard InChI is InChI=1S/C15H21ClN4S/c1-3-17-12(9-15-18-11-19-20(15)4-2)10-21-14-8-6-5-7-13(14)16/h5-8,11-12,17H,3-4,9-10H2,1-2H3. The fraction of sp³-hybridized carbons (Fsp3) is 0.467. The van der Waals surface area contributed by atoms with Crippen LogP contribution in [0.3, 0.4) is 0 Å². The molecule has 1 aromatic carbocycles. The van der Waals surface area contributed by atoms with Crippen LogP contribution in [0.25, 0.3) is 0 Å². The van der Waals surface area contributed by atoms with Gasteiger partial charge in [-0.15, -0.1) is 11.8 Å². The van der Waals surface area contributed by atoms with Gasteiger partial charge in [-0.1, -0.05) is 30.7 Å². The van der Waals surface area contributed by atoms with Gasteiger partial charge in [0.1, 0.15) is 12.2 Å². The number of hydrogen-bond donors (Lipinski definition) is 1. The van der Waals surface area contributed by atoms with E-state index in [0.29, 0.717) is 6.04 Å². The molecule has 6 heteroatoms. The SMILES string of the molecule is CCNC(CSc1ccccc1Cl)Cc1ncnn1CC. The molecular formula is C15H21ClN4S. The maximum absolute atomic E-state index is 6.21. The van der Waals surface area contributed by atoms with E-state index in [9.17, 15) is 0 Å². The first-order chi connectivity index (χ1) is 10.2. The number of hydrogen-bond acceptors (Lipinski definition) is 4. The van der Waals surface area contributed by atoms with Gasteiger partial charge in [0.2, 0.25) is 0 Å². The molecule has 21 heavy (non-hydrogen) atoms. The minimum absolute atomic E-state index is 0.353. The molecule has 0 amide bonds. The third-order valence-electron chi connectivity index (χ3n) is 3.19. The number of nitrogens with zero attached hydrogens (tertiary/aromatic N) is 3. The molecule has 0 radical (unpaired) electrons. The third kappa shape index (κ3) is 4.73. The lowest BCUT2D eigenvalue weighted by Gasteiger charge is -2.17.